The summed E-state index contributed by atoms with van der Waals surface area (Å²) in [6, 6.07) is 6.16. The van der Waals surface area contributed by atoms with Gasteiger partial charge in [-0.05, 0) is 55.3 Å². The van der Waals surface area contributed by atoms with Gasteiger partial charge in [-0.2, -0.15) is 13.2 Å². The lowest BCUT2D eigenvalue weighted by atomic mass is 10.1. The molecule has 128 valence electrons. The molecule has 0 bridgehead atoms. The third-order valence-corrected chi connectivity index (χ3v) is 3.82. The molecule has 0 radical (unpaired) electrons. The first-order valence-electron chi connectivity index (χ1n) is 6.70. The van der Waals surface area contributed by atoms with E-state index < -0.39 is 23.5 Å². The Bertz CT molecular complexity index is 792. The van der Waals surface area contributed by atoms with E-state index in [4.69, 9.17) is 27.9 Å². The maximum absolute atomic E-state index is 13.0. The average Bonchev–Trinajstić information content (AvgIpc) is 2.45. The molecule has 0 saturated carbocycles. The zero-order valence-corrected chi connectivity index (χ0v) is 14.1. The van der Waals surface area contributed by atoms with Gasteiger partial charge in [-0.25, -0.2) is 4.79 Å². The van der Waals surface area contributed by atoms with Crippen molar-refractivity contribution in [2.24, 2.45) is 0 Å². The Morgan fingerprint density at radius 1 is 1.08 bits per heavy atom. The van der Waals surface area contributed by atoms with E-state index in [0.717, 1.165) is 12.1 Å². The second-order valence-corrected chi connectivity index (χ2v) is 5.91. The van der Waals surface area contributed by atoms with Crippen molar-refractivity contribution < 1.29 is 22.7 Å². The predicted molar refractivity (Wildman–Crippen MR) is 87.0 cm³/mol. The van der Waals surface area contributed by atoms with Gasteiger partial charge in [-0.15, -0.1) is 0 Å². The number of anilines is 1. The zero-order valence-electron chi connectivity index (χ0n) is 12.6. The van der Waals surface area contributed by atoms with Gasteiger partial charge in [-0.1, -0.05) is 23.2 Å². The number of benzene rings is 2. The van der Waals surface area contributed by atoms with Gasteiger partial charge in [0.15, 0.2) is 0 Å². The number of aryl methyl sites for hydroxylation is 2. The van der Waals surface area contributed by atoms with Gasteiger partial charge in [0.05, 0.1) is 11.3 Å². The fraction of sp³-hybridized carbons (Fsp3) is 0.188. The molecule has 0 aliphatic heterocycles. The molecule has 0 aliphatic rings. The number of halogens is 5. The minimum atomic E-state index is -4.67. The molecule has 0 unspecified atom stereocenters. The summed E-state index contributed by atoms with van der Waals surface area (Å²) in [6.45, 7) is 3.38. The smallest absolute Gasteiger partial charge is 0.410 e. The van der Waals surface area contributed by atoms with Crippen molar-refractivity contribution in [3.8, 4) is 5.75 Å². The second-order valence-electron chi connectivity index (χ2n) is 5.07. The van der Waals surface area contributed by atoms with Crippen LogP contribution in [0, 0.1) is 13.8 Å². The summed E-state index contributed by atoms with van der Waals surface area (Å²) in [4.78, 5) is 11.9. The van der Waals surface area contributed by atoms with E-state index in [1.165, 1.54) is 12.1 Å². The first kappa shape index (κ1) is 18.4. The summed E-state index contributed by atoms with van der Waals surface area (Å²) >= 11 is 11.5. The number of rotatable bonds is 2. The Morgan fingerprint density at radius 3 is 2.38 bits per heavy atom. The van der Waals surface area contributed by atoms with Gasteiger partial charge in [-0.3, -0.25) is 5.32 Å². The van der Waals surface area contributed by atoms with Crippen LogP contribution < -0.4 is 10.1 Å². The molecule has 2 aromatic carbocycles. The van der Waals surface area contributed by atoms with E-state index in [0.29, 0.717) is 16.1 Å². The predicted octanol–water partition coefficient (Wildman–Crippen LogP) is 6.24. The van der Waals surface area contributed by atoms with Crippen LogP contribution in [0.15, 0.2) is 30.3 Å². The Balaban J connectivity index is 2.24. The van der Waals surface area contributed by atoms with Crippen LogP contribution >= 0.6 is 23.2 Å². The van der Waals surface area contributed by atoms with Crippen LogP contribution in [0.3, 0.4) is 0 Å². The molecule has 1 amide bonds. The van der Waals surface area contributed by atoms with Gasteiger partial charge >= 0.3 is 12.3 Å². The number of amides is 1. The first-order valence-corrected chi connectivity index (χ1v) is 7.46. The van der Waals surface area contributed by atoms with Crippen LogP contribution in [0.2, 0.25) is 10.0 Å². The lowest BCUT2D eigenvalue weighted by Crippen LogP contribution is -2.20. The third-order valence-electron chi connectivity index (χ3n) is 3.18. The zero-order chi connectivity index (χ0) is 18.1. The van der Waals surface area contributed by atoms with Crippen LogP contribution in [0.1, 0.15) is 16.7 Å². The summed E-state index contributed by atoms with van der Waals surface area (Å²) in [6.07, 6.45) is -5.71. The van der Waals surface area contributed by atoms with Crippen molar-refractivity contribution in [3.63, 3.8) is 0 Å². The maximum Gasteiger partial charge on any atom is 0.418 e. The number of ether oxygens (including phenoxy) is 1. The van der Waals surface area contributed by atoms with E-state index in [1.807, 2.05) is 0 Å². The Hall–Kier alpha value is -1.92. The van der Waals surface area contributed by atoms with Crippen LogP contribution in [0.5, 0.6) is 5.75 Å². The molecule has 8 heteroatoms. The lowest BCUT2D eigenvalue weighted by molar-refractivity contribution is -0.136. The van der Waals surface area contributed by atoms with Crippen molar-refractivity contribution >= 4 is 35.0 Å². The van der Waals surface area contributed by atoms with Crippen molar-refractivity contribution in [3.05, 3.63) is 57.1 Å². The van der Waals surface area contributed by atoms with Crippen LogP contribution in [-0.2, 0) is 6.18 Å². The molecule has 0 saturated heterocycles. The van der Waals surface area contributed by atoms with Gasteiger partial charge in [0.2, 0.25) is 0 Å². The Kier molecular flexibility index (Phi) is 5.30. The molecular formula is C16H12Cl2F3NO2. The maximum atomic E-state index is 13.0. The van der Waals surface area contributed by atoms with Crippen molar-refractivity contribution in [1.29, 1.82) is 0 Å². The highest BCUT2D eigenvalue weighted by molar-refractivity contribution is 6.31. The monoisotopic (exact) mass is 377 g/mol. The van der Waals surface area contributed by atoms with E-state index in [1.54, 1.807) is 19.9 Å². The van der Waals surface area contributed by atoms with Crippen LogP contribution in [-0.4, -0.2) is 6.09 Å². The molecule has 0 fully saturated rings. The highest BCUT2D eigenvalue weighted by Crippen LogP contribution is 2.36. The molecule has 0 heterocycles. The molecule has 3 nitrogen and oxygen atoms in total. The third kappa shape index (κ3) is 4.33. The van der Waals surface area contributed by atoms with E-state index in [-0.39, 0.29) is 10.8 Å². The molecule has 2 rings (SSSR count). The van der Waals surface area contributed by atoms with Crippen molar-refractivity contribution in [2.45, 2.75) is 20.0 Å². The normalized spacial score (nSPS) is 11.3. The highest BCUT2D eigenvalue weighted by atomic mass is 35.5. The van der Waals surface area contributed by atoms with Gasteiger partial charge < -0.3 is 4.74 Å². The van der Waals surface area contributed by atoms with Crippen molar-refractivity contribution in [2.75, 3.05) is 5.32 Å². The fourth-order valence-corrected chi connectivity index (χ4v) is 2.35. The van der Waals surface area contributed by atoms with Crippen LogP contribution in [0.4, 0.5) is 23.7 Å². The summed E-state index contributed by atoms with van der Waals surface area (Å²) < 4.78 is 44.1. The fourth-order valence-electron chi connectivity index (χ4n) is 1.96. The van der Waals surface area contributed by atoms with E-state index in [9.17, 15) is 18.0 Å². The largest absolute Gasteiger partial charge is 0.418 e. The van der Waals surface area contributed by atoms with E-state index in [2.05, 4.69) is 5.32 Å². The average molecular weight is 378 g/mol. The summed E-state index contributed by atoms with van der Waals surface area (Å²) in [5.74, 6) is 0.205. The number of hydrogen-bond donors (Lipinski definition) is 1. The number of carbonyl (C=O) groups excluding carboxylic acids is 1. The topological polar surface area (TPSA) is 38.3 Å². The molecule has 2 aromatic rings. The molecule has 0 spiro atoms. The Morgan fingerprint density at radius 2 is 1.75 bits per heavy atom. The van der Waals surface area contributed by atoms with Gasteiger partial charge in [0, 0.05) is 10.0 Å². The SMILES string of the molecule is Cc1cc(OC(=O)Nc2ccc(Cl)cc2C(F)(F)F)c(C)cc1Cl. The molecule has 0 aromatic heterocycles. The second kappa shape index (κ2) is 6.91. The van der Waals surface area contributed by atoms with E-state index >= 15 is 0 Å². The quantitative estimate of drug-likeness (QED) is 0.672. The first-order chi connectivity index (χ1) is 11.1. The standard InChI is InChI=1S/C16H12Cl2F3NO2/c1-8-6-14(9(2)5-12(8)18)24-15(23)22-13-4-3-10(17)7-11(13)16(19,20)21/h3-7H,1-2H3,(H,22,23). The number of alkyl halides is 3. The molecular weight excluding hydrogens is 366 g/mol. The summed E-state index contributed by atoms with van der Waals surface area (Å²) in [5.41, 5.74) is -0.253. The summed E-state index contributed by atoms with van der Waals surface area (Å²) in [7, 11) is 0. The number of carbonyl (C=O) groups is 1. The molecule has 0 atom stereocenters. The van der Waals surface area contributed by atoms with Crippen LogP contribution in [0.25, 0.3) is 0 Å². The highest BCUT2D eigenvalue weighted by Gasteiger charge is 2.34. The minimum absolute atomic E-state index is 0.0922. The van der Waals surface area contributed by atoms with Crippen molar-refractivity contribution in [1.82, 2.24) is 0 Å². The molecule has 1 N–H and O–H groups in total. The number of hydrogen-bond acceptors (Lipinski definition) is 2. The molecule has 24 heavy (non-hydrogen) atoms. The minimum Gasteiger partial charge on any atom is -0.410 e. The van der Waals surface area contributed by atoms with Gasteiger partial charge in [0.1, 0.15) is 5.75 Å². The van der Waals surface area contributed by atoms with Gasteiger partial charge in [0.25, 0.3) is 0 Å². The Labute approximate surface area is 146 Å². The molecule has 0 aliphatic carbocycles. The number of nitrogens with one attached hydrogen (secondary N) is 1. The summed E-state index contributed by atoms with van der Waals surface area (Å²) in [5, 5.41) is 2.49. The lowest BCUT2D eigenvalue weighted by Gasteiger charge is -2.15.